The van der Waals surface area contributed by atoms with Crippen molar-refractivity contribution in [1.82, 2.24) is 4.90 Å². The average molecular weight is 197 g/mol. The molecule has 0 saturated carbocycles. The minimum Gasteiger partial charge on any atom is -0.472 e. The van der Waals surface area contributed by atoms with Crippen LogP contribution in [-0.4, -0.2) is 24.2 Å². The van der Waals surface area contributed by atoms with E-state index in [-0.39, 0.29) is 0 Å². The number of thiol groups is 1. The summed E-state index contributed by atoms with van der Waals surface area (Å²) in [6.45, 7) is 1.87. The van der Waals surface area contributed by atoms with Crippen molar-refractivity contribution in [3.8, 4) is 0 Å². The zero-order valence-electron chi connectivity index (χ0n) is 7.81. The molecule has 0 aliphatic heterocycles. The van der Waals surface area contributed by atoms with Gasteiger partial charge in [-0.05, 0) is 13.1 Å². The standard InChI is InChI=1S/C10H15NOS/c1-11(5-2-3-7-13)8-10-4-6-12-9-10/h2-4,6,9,13H,5,7-8H2,1H3. The lowest BCUT2D eigenvalue weighted by Crippen LogP contribution is -2.17. The maximum atomic E-state index is 4.98. The van der Waals surface area contributed by atoms with Gasteiger partial charge in [-0.25, -0.2) is 0 Å². The van der Waals surface area contributed by atoms with Gasteiger partial charge in [0, 0.05) is 24.4 Å². The molecule has 13 heavy (non-hydrogen) atoms. The van der Waals surface area contributed by atoms with Gasteiger partial charge < -0.3 is 4.42 Å². The molecule has 1 aromatic rings. The Hall–Kier alpha value is -0.670. The smallest absolute Gasteiger partial charge is 0.0947 e. The number of hydrogen-bond donors (Lipinski definition) is 1. The van der Waals surface area contributed by atoms with E-state index < -0.39 is 0 Å². The summed E-state index contributed by atoms with van der Waals surface area (Å²) in [6, 6.07) is 1.98. The van der Waals surface area contributed by atoms with Crippen molar-refractivity contribution in [3.05, 3.63) is 36.3 Å². The van der Waals surface area contributed by atoms with Gasteiger partial charge >= 0.3 is 0 Å². The van der Waals surface area contributed by atoms with Gasteiger partial charge in [-0.3, -0.25) is 4.90 Å². The Morgan fingerprint density at radius 1 is 1.54 bits per heavy atom. The molecule has 72 valence electrons. The van der Waals surface area contributed by atoms with Crippen LogP contribution in [0.1, 0.15) is 5.56 Å². The molecule has 0 aromatic carbocycles. The van der Waals surface area contributed by atoms with Crippen LogP contribution in [0.15, 0.2) is 35.2 Å². The van der Waals surface area contributed by atoms with Crippen LogP contribution in [-0.2, 0) is 6.54 Å². The van der Waals surface area contributed by atoms with E-state index in [1.54, 1.807) is 12.5 Å². The number of likely N-dealkylation sites (N-methyl/N-ethyl adjacent to an activating group) is 1. The van der Waals surface area contributed by atoms with Crippen LogP contribution in [0.5, 0.6) is 0 Å². The summed E-state index contributed by atoms with van der Waals surface area (Å²) in [7, 11) is 2.08. The molecule has 0 fully saturated rings. The number of hydrogen-bond acceptors (Lipinski definition) is 3. The van der Waals surface area contributed by atoms with Gasteiger partial charge in [0.05, 0.1) is 12.5 Å². The maximum absolute atomic E-state index is 4.98. The SMILES string of the molecule is CN(CC=CCS)Cc1ccoc1. The Morgan fingerprint density at radius 3 is 3.00 bits per heavy atom. The summed E-state index contributed by atoms with van der Waals surface area (Å²) < 4.78 is 4.98. The highest BCUT2D eigenvalue weighted by Gasteiger charge is 1.98. The summed E-state index contributed by atoms with van der Waals surface area (Å²) in [6.07, 6.45) is 7.65. The third-order valence-corrected chi connectivity index (χ3v) is 1.93. The molecule has 2 nitrogen and oxygen atoms in total. The first-order valence-corrected chi connectivity index (χ1v) is 4.91. The number of furan rings is 1. The Balaban J connectivity index is 2.25. The Labute approximate surface area is 84.6 Å². The second-order valence-corrected chi connectivity index (χ2v) is 3.35. The summed E-state index contributed by atoms with van der Waals surface area (Å²) in [4.78, 5) is 2.21. The van der Waals surface area contributed by atoms with Crippen LogP contribution in [0.4, 0.5) is 0 Å². The topological polar surface area (TPSA) is 16.4 Å². The molecule has 0 atom stereocenters. The molecular formula is C10H15NOS. The van der Waals surface area contributed by atoms with Crippen LogP contribution < -0.4 is 0 Å². The van der Waals surface area contributed by atoms with Crippen molar-refractivity contribution in [2.24, 2.45) is 0 Å². The molecule has 0 spiro atoms. The highest BCUT2D eigenvalue weighted by molar-refractivity contribution is 7.80. The monoisotopic (exact) mass is 197 g/mol. The lowest BCUT2D eigenvalue weighted by molar-refractivity contribution is 0.361. The summed E-state index contributed by atoms with van der Waals surface area (Å²) >= 11 is 4.09. The molecule has 0 bridgehead atoms. The van der Waals surface area contributed by atoms with Crippen molar-refractivity contribution >= 4 is 12.6 Å². The third kappa shape index (κ3) is 4.20. The second kappa shape index (κ2) is 5.89. The minimum atomic E-state index is 0.805. The van der Waals surface area contributed by atoms with Gasteiger partial charge in [0.25, 0.3) is 0 Å². The molecule has 0 radical (unpaired) electrons. The van der Waals surface area contributed by atoms with Crippen molar-refractivity contribution in [2.45, 2.75) is 6.54 Å². The van der Waals surface area contributed by atoms with Crippen molar-refractivity contribution in [1.29, 1.82) is 0 Å². The first-order valence-electron chi connectivity index (χ1n) is 4.28. The largest absolute Gasteiger partial charge is 0.472 e. The lowest BCUT2D eigenvalue weighted by Gasteiger charge is -2.12. The molecule has 1 aromatic heterocycles. The molecule has 0 aliphatic carbocycles. The first kappa shape index (κ1) is 10.4. The van der Waals surface area contributed by atoms with E-state index in [0.29, 0.717) is 0 Å². The second-order valence-electron chi connectivity index (χ2n) is 2.98. The van der Waals surface area contributed by atoms with Gasteiger partial charge in [0.1, 0.15) is 0 Å². The third-order valence-electron chi connectivity index (χ3n) is 1.72. The molecular weight excluding hydrogens is 182 g/mol. The normalized spacial score (nSPS) is 11.6. The van der Waals surface area contributed by atoms with Crippen LogP contribution in [0.2, 0.25) is 0 Å². The first-order chi connectivity index (χ1) is 6.33. The van der Waals surface area contributed by atoms with E-state index in [9.17, 15) is 0 Å². The van der Waals surface area contributed by atoms with Gasteiger partial charge in [0.2, 0.25) is 0 Å². The number of rotatable bonds is 5. The van der Waals surface area contributed by atoms with E-state index in [4.69, 9.17) is 4.42 Å². The molecule has 1 heterocycles. The predicted molar refractivity (Wildman–Crippen MR) is 58.0 cm³/mol. The molecule has 1 rings (SSSR count). The molecule has 0 aliphatic rings. The van der Waals surface area contributed by atoms with Crippen LogP contribution in [0, 0.1) is 0 Å². The average Bonchev–Trinajstić information content (AvgIpc) is 2.57. The van der Waals surface area contributed by atoms with E-state index >= 15 is 0 Å². The van der Waals surface area contributed by atoms with E-state index in [1.165, 1.54) is 5.56 Å². The molecule has 0 N–H and O–H groups in total. The summed E-state index contributed by atoms with van der Waals surface area (Å²) in [5.41, 5.74) is 1.21. The van der Waals surface area contributed by atoms with E-state index in [1.807, 2.05) is 6.07 Å². The van der Waals surface area contributed by atoms with Crippen LogP contribution in [0.25, 0.3) is 0 Å². The fraction of sp³-hybridized carbons (Fsp3) is 0.400. The quantitative estimate of drug-likeness (QED) is 0.575. The van der Waals surface area contributed by atoms with Crippen LogP contribution >= 0.6 is 12.6 Å². The zero-order valence-corrected chi connectivity index (χ0v) is 8.71. The fourth-order valence-corrected chi connectivity index (χ4v) is 1.24. The Morgan fingerprint density at radius 2 is 2.38 bits per heavy atom. The predicted octanol–water partition coefficient (Wildman–Crippen LogP) is 2.20. The number of nitrogens with zero attached hydrogens (tertiary/aromatic N) is 1. The lowest BCUT2D eigenvalue weighted by atomic mass is 10.3. The molecule has 3 heteroatoms. The molecule has 0 saturated heterocycles. The van der Waals surface area contributed by atoms with E-state index in [2.05, 4.69) is 36.7 Å². The van der Waals surface area contributed by atoms with Gasteiger partial charge in [-0.2, -0.15) is 12.6 Å². The van der Waals surface area contributed by atoms with Gasteiger partial charge in [-0.15, -0.1) is 0 Å². The zero-order chi connectivity index (χ0) is 9.52. The highest BCUT2D eigenvalue weighted by atomic mass is 32.1. The Bertz CT molecular complexity index is 243. The summed E-state index contributed by atoms with van der Waals surface area (Å²) in [5, 5.41) is 0. The maximum Gasteiger partial charge on any atom is 0.0947 e. The highest BCUT2D eigenvalue weighted by Crippen LogP contribution is 2.03. The molecule has 0 amide bonds. The minimum absolute atomic E-state index is 0.805. The summed E-state index contributed by atoms with van der Waals surface area (Å²) in [5.74, 6) is 0.805. The van der Waals surface area contributed by atoms with Crippen molar-refractivity contribution in [2.75, 3.05) is 19.3 Å². The Kier molecular flexibility index (Phi) is 4.72. The van der Waals surface area contributed by atoms with Gasteiger partial charge in [0.15, 0.2) is 0 Å². The van der Waals surface area contributed by atoms with Gasteiger partial charge in [-0.1, -0.05) is 12.2 Å². The van der Waals surface area contributed by atoms with Crippen molar-refractivity contribution < 1.29 is 4.42 Å². The van der Waals surface area contributed by atoms with E-state index in [0.717, 1.165) is 18.8 Å². The fourth-order valence-electron chi connectivity index (χ4n) is 1.09. The van der Waals surface area contributed by atoms with Crippen molar-refractivity contribution in [3.63, 3.8) is 0 Å². The molecule has 0 unspecified atom stereocenters. The van der Waals surface area contributed by atoms with Crippen LogP contribution in [0.3, 0.4) is 0 Å².